The van der Waals surface area contributed by atoms with Crippen LogP contribution in [0.4, 0.5) is 18.0 Å². The molecule has 3 aromatic rings. The van der Waals surface area contributed by atoms with E-state index < -0.39 is 12.0 Å². The van der Waals surface area contributed by atoms with Gasteiger partial charge in [0.25, 0.3) is 0 Å². The summed E-state index contributed by atoms with van der Waals surface area (Å²) in [5.74, 6) is -0.278. The summed E-state index contributed by atoms with van der Waals surface area (Å²) in [6.45, 7) is 10.3. The summed E-state index contributed by atoms with van der Waals surface area (Å²) in [5, 5.41) is 0. The first-order chi connectivity index (χ1) is 15.9. The van der Waals surface area contributed by atoms with Gasteiger partial charge in [0.15, 0.2) is 0 Å². The predicted molar refractivity (Wildman–Crippen MR) is 122 cm³/mol. The van der Waals surface area contributed by atoms with Crippen LogP contribution in [0.15, 0.2) is 49.3 Å². The first-order valence-electron chi connectivity index (χ1n) is 10.7. The Hall–Kier alpha value is -3.62. The Balaban J connectivity index is 1.69. The molecule has 0 spiro atoms. The number of fused-ring (bicyclic) bond motifs is 1. The molecule has 4 rings (SSSR count). The average Bonchev–Trinajstić information content (AvgIpc) is 2.70. The van der Waals surface area contributed by atoms with E-state index in [4.69, 9.17) is 4.74 Å². The van der Waals surface area contributed by atoms with Crippen LogP contribution in [0, 0.1) is 0 Å². The van der Waals surface area contributed by atoms with E-state index >= 15 is 0 Å². The molecule has 1 aliphatic rings. The van der Waals surface area contributed by atoms with Crippen LogP contribution in [0.3, 0.4) is 0 Å². The smallest absolute Gasteiger partial charge is 0.444 e. The molecule has 0 atom stereocenters. The third kappa shape index (κ3) is 4.98. The van der Waals surface area contributed by atoms with E-state index in [0.717, 1.165) is 16.7 Å². The van der Waals surface area contributed by atoms with Crippen LogP contribution in [-0.2, 0) is 4.74 Å². The van der Waals surface area contributed by atoms with Crippen molar-refractivity contribution in [2.75, 3.05) is 13.1 Å². The predicted octanol–water partition coefficient (Wildman–Crippen LogP) is 6.17. The maximum absolute atomic E-state index is 12.5. The summed E-state index contributed by atoms with van der Waals surface area (Å²) in [4.78, 5) is 23.0. The number of aromatic nitrogens is 2. The standard InChI is InChI=1S/C25H24F3N3O3/c1-5-18-19(16-13-31(14-16)23(32)34-24(2,3)4)12-20(22-21(18)29-10-11-30-22)15-6-8-17(9-7-15)33-25(26,27)28/h5-12,16H,1,13-14H2,2-4H3. The van der Waals surface area contributed by atoms with Crippen molar-refractivity contribution in [2.45, 2.75) is 38.7 Å². The van der Waals surface area contributed by atoms with Gasteiger partial charge in [-0.1, -0.05) is 24.8 Å². The molecule has 0 unspecified atom stereocenters. The number of likely N-dealkylation sites (tertiary alicyclic amines) is 1. The minimum absolute atomic E-state index is 0.0264. The molecule has 1 fully saturated rings. The Labute approximate surface area is 195 Å². The average molecular weight is 471 g/mol. The number of hydrogen-bond acceptors (Lipinski definition) is 5. The van der Waals surface area contributed by atoms with E-state index in [1.165, 1.54) is 12.1 Å². The van der Waals surface area contributed by atoms with Crippen molar-refractivity contribution in [1.82, 2.24) is 14.9 Å². The molecule has 9 heteroatoms. The summed E-state index contributed by atoms with van der Waals surface area (Å²) < 4.78 is 47.0. The fourth-order valence-corrected chi connectivity index (χ4v) is 3.93. The zero-order valence-electron chi connectivity index (χ0n) is 19.0. The van der Waals surface area contributed by atoms with E-state index in [9.17, 15) is 18.0 Å². The maximum Gasteiger partial charge on any atom is 0.573 e. The lowest BCUT2D eigenvalue weighted by molar-refractivity contribution is -0.274. The highest BCUT2D eigenvalue weighted by molar-refractivity contribution is 5.97. The monoisotopic (exact) mass is 471 g/mol. The van der Waals surface area contributed by atoms with Crippen molar-refractivity contribution in [3.8, 4) is 16.9 Å². The number of rotatable bonds is 4. The largest absolute Gasteiger partial charge is 0.573 e. The molecular formula is C25H24F3N3O3. The summed E-state index contributed by atoms with van der Waals surface area (Å²) in [5.41, 5.74) is 3.80. The van der Waals surface area contributed by atoms with Gasteiger partial charge >= 0.3 is 12.5 Å². The van der Waals surface area contributed by atoms with Gasteiger partial charge in [0.05, 0.1) is 11.0 Å². The van der Waals surface area contributed by atoms with Crippen molar-refractivity contribution < 1.29 is 27.4 Å². The summed E-state index contributed by atoms with van der Waals surface area (Å²) in [7, 11) is 0. The SMILES string of the molecule is C=Cc1c(C2CN(C(=O)OC(C)(C)C)C2)cc(-c2ccc(OC(F)(F)F)cc2)c2nccnc12. The fourth-order valence-electron chi connectivity index (χ4n) is 3.93. The van der Waals surface area contributed by atoms with Crippen LogP contribution in [0.5, 0.6) is 5.75 Å². The molecule has 178 valence electrons. The van der Waals surface area contributed by atoms with Gasteiger partial charge in [0.1, 0.15) is 11.4 Å². The molecule has 1 aliphatic heterocycles. The molecule has 0 N–H and O–H groups in total. The van der Waals surface area contributed by atoms with Crippen LogP contribution < -0.4 is 4.74 Å². The van der Waals surface area contributed by atoms with E-state index in [0.29, 0.717) is 29.7 Å². The van der Waals surface area contributed by atoms with Crippen molar-refractivity contribution >= 4 is 23.2 Å². The minimum Gasteiger partial charge on any atom is -0.444 e. The van der Waals surface area contributed by atoms with E-state index in [1.807, 2.05) is 26.8 Å². The number of amides is 1. The Morgan fingerprint density at radius 2 is 1.71 bits per heavy atom. The zero-order chi connectivity index (χ0) is 24.7. The molecule has 0 saturated carbocycles. The van der Waals surface area contributed by atoms with Gasteiger partial charge < -0.3 is 14.4 Å². The highest BCUT2D eigenvalue weighted by atomic mass is 19.4. The van der Waals surface area contributed by atoms with Gasteiger partial charge in [-0.3, -0.25) is 9.97 Å². The molecule has 0 bridgehead atoms. The molecule has 1 aromatic heterocycles. The lowest BCUT2D eigenvalue weighted by Gasteiger charge is -2.40. The number of carbonyl (C=O) groups excluding carboxylic acids is 1. The Bertz CT molecular complexity index is 1230. The second-order valence-electron chi connectivity index (χ2n) is 9.04. The van der Waals surface area contributed by atoms with Gasteiger partial charge in [-0.15, -0.1) is 13.2 Å². The lowest BCUT2D eigenvalue weighted by atomic mass is 9.85. The van der Waals surface area contributed by atoms with Crippen molar-refractivity contribution in [3.05, 3.63) is 60.4 Å². The Kier molecular flexibility index (Phi) is 5.97. The maximum atomic E-state index is 12.5. The first kappa shape index (κ1) is 23.5. The quantitative estimate of drug-likeness (QED) is 0.455. The molecule has 1 saturated heterocycles. The summed E-state index contributed by atoms with van der Waals surface area (Å²) in [6.07, 6.45) is -0.274. The minimum atomic E-state index is -4.76. The highest BCUT2D eigenvalue weighted by Crippen LogP contribution is 2.39. The molecular weight excluding hydrogens is 447 g/mol. The van der Waals surface area contributed by atoms with E-state index in [1.54, 1.807) is 35.5 Å². The number of benzene rings is 2. The van der Waals surface area contributed by atoms with Crippen LogP contribution in [0.1, 0.15) is 37.8 Å². The lowest BCUT2D eigenvalue weighted by Crippen LogP contribution is -2.50. The topological polar surface area (TPSA) is 64.6 Å². The molecule has 2 heterocycles. The number of hydrogen-bond donors (Lipinski definition) is 0. The van der Waals surface area contributed by atoms with E-state index in [-0.39, 0.29) is 17.8 Å². The molecule has 0 radical (unpaired) electrons. The fraction of sp³-hybridized carbons (Fsp3) is 0.320. The van der Waals surface area contributed by atoms with Gasteiger partial charge in [0, 0.05) is 42.5 Å². The van der Waals surface area contributed by atoms with Crippen LogP contribution in [0.2, 0.25) is 0 Å². The number of halogens is 3. The van der Waals surface area contributed by atoms with Crippen LogP contribution in [0.25, 0.3) is 28.2 Å². The Morgan fingerprint density at radius 1 is 1.09 bits per heavy atom. The molecule has 6 nitrogen and oxygen atoms in total. The van der Waals surface area contributed by atoms with Gasteiger partial charge in [-0.2, -0.15) is 0 Å². The Morgan fingerprint density at radius 3 is 2.26 bits per heavy atom. The van der Waals surface area contributed by atoms with Crippen LogP contribution >= 0.6 is 0 Å². The zero-order valence-corrected chi connectivity index (χ0v) is 19.0. The normalized spacial score (nSPS) is 14.6. The number of carbonyl (C=O) groups is 1. The number of ether oxygens (including phenoxy) is 2. The second kappa shape index (κ2) is 8.62. The van der Waals surface area contributed by atoms with Gasteiger partial charge in [-0.05, 0) is 50.1 Å². The molecule has 1 amide bonds. The third-order valence-electron chi connectivity index (χ3n) is 5.40. The van der Waals surface area contributed by atoms with Crippen LogP contribution in [-0.4, -0.2) is 46.0 Å². The van der Waals surface area contributed by atoms with Gasteiger partial charge in [-0.25, -0.2) is 4.79 Å². The van der Waals surface area contributed by atoms with Crippen molar-refractivity contribution in [1.29, 1.82) is 0 Å². The second-order valence-corrected chi connectivity index (χ2v) is 9.04. The van der Waals surface area contributed by atoms with Gasteiger partial charge in [0.2, 0.25) is 0 Å². The van der Waals surface area contributed by atoms with E-state index in [2.05, 4.69) is 21.3 Å². The third-order valence-corrected chi connectivity index (χ3v) is 5.40. The highest BCUT2D eigenvalue weighted by Gasteiger charge is 2.36. The van der Waals surface area contributed by atoms with Crippen molar-refractivity contribution in [3.63, 3.8) is 0 Å². The van der Waals surface area contributed by atoms with Crippen molar-refractivity contribution in [2.24, 2.45) is 0 Å². The molecule has 34 heavy (non-hydrogen) atoms. The molecule has 0 aliphatic carbocycles. The number of nitrogens with zero attached hydrogens (tertiary/aromatic N) is 3. The summed E-state index contributed by atoms with van der Waals surface area (Å²) in [6, 6.07) is 7.58. The number of alkyl halides is 3. The summed E-state index contributed by atoms with van der Waals surface area (Å²) >= 11 is 0. The first-order valence-corrected chi connectivity index (χ1v) is 10.7. The molecule has 2 aromatic carbocycles.